The summed E-state index contributed by atoms with van der Waals surface area (Å²) < 4.78 is 13.1. The van der Waals surface area contributed by atoms with Gasteiger partial charge in [0.15, 0.2) is 0 Å². The summed E-state index contributed by atoms with van der Waals surface area (Å²) in [6.45, 7) is 10.6. The van der Waals surface area contributed by atoms with E-state index in [1.165, 1.54) is 0 Å². The smallest absolute Gasteiger partial charge is 0.256 e. The van der Waals surface area contributed by atoms with Crippen LogP contribution in [0.4, 0.5) is 0 Å². The van der Waals surface area contributed by atoms with Gasteiger partial charge < -0.3 is 18.6 Å². The van der Waals surface area contributed by atoms with Gasteiger partial charge in [0, 0.05) is 17.9 Å². The van der Waals surface area contributed by atoms with Gasteiger partial charge in [-0.1, -0.05) is 0 Å². The molecule has 0 aliphatic carbocycles. The Labute approximate surface area is 136 Å². The third-order valence-corrected chi connectivity index (χ3v) is 4.59. The summed E-state index contributed by atoms with van der Waals surface area (Å²) in [5.74, 6) is 0.967. The molecule has 5 heteroatoms. The van der Waals surface area contributed by atoms with E-state index < -0.39 is 0 Å². The number of hydrogen-bond acceptors (Lipinski definition) is 3. The average Bonchev–Trinajstić information content (AvgIpc) is 3.10. The van der Waals surface area contributed by atoms with Crippen molar-refractivity contribution in [2.24, 2.45) is 0 Å². The highest BCUT2D eigenvalue weighted by Gasteiger charge is 2.35. The average molecular weight is 316 g/mol. The highest BCUT2D eigenvalue weighted by atomic mass is 16.5. The largest absolute Gasteiger partial charge is 0.467 e. The van der Waals surface area contributed by atoms with E-state index in [0.717, 1.165) is 22.7 Å². The van der Waals surface area contributed by atoms with Gasteiger partial charge in [0.25, 0.3) is 5.91 Å². The van der Waals surface area contributed by atoms with Gasteiger partial charge in [-0.25, -0.2) is 0 Å². The van der Waals surface area contributed by atoms with Crippen LogP contribution in [0.25, 0.3) is 0 Å². The fourth-order valence-electron chi connectivity index (χ4n) is 3.20. The van der Waals surface area contributed by atoms with Crippen LogP contribution in [0.5, 0.6) is 0 Å². The number of morpholine rings is 1. The van der Waals surface area contributed by atoms with Crippen molar-refractivity contribution in [1.82, 2.24) is 9.47 Å². The van der Waals surface area contributed by atoms with Crippen LogP contribution in [0.3, 0.4) is 0 Å². The number of rotatable bonds is 3. The van der Waals surface area contributed by atoms with Crippen LogP contribution in [0.2, 0.25) is 0 Å². The van der Waals surface area contributed by atoms with Crippen molar-refractivity contribution in [3.8, 4) is 0 Å². The Morgan fingerprint density at radius 1 is 1.35 bits per heavy atom. The molecular weight excluding hydrogens is 292 g/mol. The monoisotopic (exact) mass is 316 g/mol. The first-order chi connectivity index (χ1) is 10.9. The second kappa shape index (κ2) is 5.89. The lowest BCUT2D eigenvalue weighted by molar-refractivity contribution is -0.0371. The van der Waals surface area contributed by atoms with Crippen LogP contribution < -0.4 is 0 Å². The Bertz CT molecular complexity index is 698. The molecule has 124 valence electrons. The standard InChI is InChI=1S/C18H24N2O3/c1-13-10-16(14(2)19(13)11-15-6-5-8-23-15)17(21)20-7-9-22-12-18(20,3)4/h5-6,8,10H,7,9,11-12H2,1-4H3. The van der Waals surface area contributed by atoms with Crippen LogP contribution in [0.1, 0.15) is 41.4 Å². The number of amides is 1. The van der Waals surface area contributed by atoms with E-state index in [1.807, 2.05) is 50.8 Å². The Kier molecular flexibility index (Phi) is 4.06. The summed E-state index contributed by atoms with van der Waals surface area (Å²) in [6.07, 6.45) is 1.67. The minimum Gasteiger partial charge on any atom is -0.467 e. The molecular formula is C18H24N2O3. The maximum atomic E-state index is 13.0. The highest BCUT2D eigenvalue weighted by molar-refractivity contribution is 5.96. The first kappa shape index (κ1) is 15.9. The van der Waals surface area contributed by atoms with Gasteiger partial charge in [-0.15, -0.1) is 0 Å². The van der Waals surface area contributed by atoms with Crippen LogP contribution in [-0.4, -0.2) is 40.7 Å². The lowest BCUT2D eigenvalue weighted by Crippen LogP contribution is -2.55. The third-order valence-electron chi connectivity index (χ3n) is 4.59. The molecule has 3 heterocycles. The molecule has 0 saturated carbocycles. The molecule has 0 unspecified atom stereocenters. The number of hydrogen-bond donors (Lipinski definition) is 0. The van der Waals surface area contributed by atoms with E-state index in [0.29, 0.717) is 26.3 Å². The first-order valence-electron chi connectivity index (χ1n) is 7.99. The molecule has 0 atom stereocenters. The van der Waals surface area contributed by atoms with E-state index in [1.54, 1.807) is 6.26 Å². The normalized spacial score (nSPS) is 17.5. The summed E-state index contributed by atoms with van der Waals surface area (Å²) in [7, 11) is 0. The molecule has 2 aromatic rings. The summed E-state index contributed by atoms with van der Waals surface area (Å²) in [6, 6.07) is 5.81. The van der Waals surface area contributed by atoms with Gasteiger partial charge >= 0.3 is 0 Å². The van der Waals surface area contributed by atoms with Crippen molar-refractivity contribution in [1.29, 1.82) is 0 Å². The van der Waals surface area contributed by atoms with Crippen molar-refractivity contribution in [2.75, 3.05) is 19.8 Å². The molecule has 0 N–H and O–H groups in total. The number of nitrogens with zero attached hydrogens (tertiary/aromatic N) is 2. The van der Waals surface area contributed by atoms with E-state index in [4.69, 9.17) is 9.15 Å². The Hall–Kier alpha value is -2.01. The second-order valence-corrected chi connectivity index (χ2v) is 6.77. The SMILES string of the molecule is Cc1cc(C(=O)N2CCOCC2(C)C)c(C)n1Cc1ccco1. The van der Waals surface area contributed by atoms with Gasteiger partial charge in [0.05, 0.1) is 37.1 Å². The molecule has 1 amide bonds. The number of aromatic nitrogens is 1. The summed E-state index contributed by atoms with van der Waals surface area (Å²) in [5, 5.41) is 0. The fraction of sp³-hybridized carbons (Fsp3) is 0.500. The number of furan rings is 1. The number of carbonyl (C=O) groups excluding carboxylic acids is 1. The predicted molar refractivity (Wildman–Crippen MR) is 87.7 cm³/mol. The second-order valence-electron chi connectivity index (χ2n) is 6.77. The van der Waals surface area contributed by atoms with Gasteiger partial charge in [-0.3, -0.25) is 4.79 Å². The van der Waals surface area contributed by atoms with Crippen molar-refractivity contribution in [3.05, 3.63) is 47.2 Å². The van der Waals surface area contributed by atoms with Crippen LogP contribution >= 0.6 is 0 Å². The zero-order valence-electron chi connectivity index (χ0n) is 14.3. The molecule has 0 spiro atoms. The molecule has 5 nitrogen and oxygen atoms in total. The molecule has 1 aliphatic rings. The van der Waals surface area contributed by atoms with Gasteiger partial charge in [0.2, 0.25) is 0 Å². The van der Waals surface area contributed by atoms with Crippen molar-refractivity contribution in [3.63, 3.8) is 0 Å². The molecule has 2 aromatic heterocycles. The lowest BCUT2D eigenvalue weighted by Gasteiger charge is -2.42. The summed E-state index contributed by atoms with van der Waals surface area (Å²) >= 11 is 0. The topological polar surface area (TPSA) is 47.6 Å². The van der Waals surface area contributed by atoms with Gasteiger partial charge in [-0.2, -0.15) is 0 Å². The summed E-state index contributed by atoms with van der Waals surface area (Å²) in [4.78, 5) is 15.0. The molecule has 1 fully saturated rings. The van der Waals surface area contributed by atoms with Crippen molar-refractivity contribution >= 4 is 5.91 Å². The molecule has 1 saturated heterocycles. The van der Waals surface area contributed by atoms with Crippen LogP contribution in [-0.2, 0) is 11.3 Å². The molecule has 0 radical (unpaired) electrons. The van der Waals surface area contributed by atoms with E-state index in [-0.39, 0.29) is 11.4 Å². The molecule has 23 heavy (non-hydrogen) atoms. The molecule has 3 rings (SSSR count). The number of ether oxygens (including phenoxy) is 1. The summed E-state index contributed by atoms with van der Waals surface area (Å²) in [5.41, 5.74) is 2.53. The van der Waals surface area contributed by atoms with E-state index in [9.17, 15) is 4.79 Å². The Morgan fingerprint density at radius 2 is 2.13 bits per heavy atom. The molecule has 0 aromatic carbocycles. The van der Waals surface area contributed by atoms with Crippen LogP contribution in [0.15, 0.2) is 28.9 Å². The third kappa shape index (κ3) is 2.93. The minimum atomic E-state index is -0.279. The van der Waals surface area contributed by atoms with E-state index in [2.05, 4.69) is 4.57 Å². The van der Waals surface area contributed by atoms with Crippen molar-refractivity contribution < 1.29 is 13.9 Å². The fourth-order valence-corrected chi connectivity index (χ4v) is 3.20. The first-order valence-corrected chi connectivity index (χ1v) is 7.99. The van der Waals surface area contributed by atoms with E-state index >= 15 is 0 Å². The Balaban J connectivity index is 1.89. The zero-order chi connectivity index (χ0) is 16.6. The van der Waals surface area contributed by atoms with Gasteiger partial charge in [-0.05, 0) is 45.9 Å². The number of aryl methyl sites for hydroxylation is 1. The molecule has 0 bridgehead atoms. The number of carbonyl (C=O) groups is 1. The van der Waals surface area contributed by atoms with Crippen LogP contribution in [0, 0.1) is 13.8 Å². The maximum absolute atomic E-state index is 13.0. The Morgan fingerprint density at radius 3 is 2.78 bits per heavy atom. The zero-order valence-corrected chi connectivity index (χ0v) is 14.3. The highest BCUT2D eigenvalue weighted by Crippen LogP contribution is 2.25. The molecule has 1 aliphatic heterocycles. The van der Waals surface area contributed by atoms with Gasteiger partial charge in [0.1, 0.15) is 5.76 Å². The predicted octanol–water partition coefficient (Wildman–Crippen LogP) is 3.00. The quantitative estimate of drug-likeness (QED) is 0.874. The lowest BCUT2D eigenvalue weighted by atomic mass is 10.0. The van der Waals surface area contributed by atoms with Crippen molar-refractivity contribution in [2.45, 2.75) is 39.8 Å². The maximum Gasteiger partial charge on any atom is 0.256 e. The minimum absolute atomic E-state index is 0.0806.